The molecule has 0 fully saturated rings. The molecule has 0 unspecified atom stereocenters. The van der Waals surface area contributed by atoms with Gasteiger partial charge in [-0.05, 0) is 30.7 Å². The fourth-order valence-electron chi connectivity index (χ4n) is 1.83. The Hall–Kier alpha value is -2.34. The van der Waals surface area contributed by atoms with Crippen LogP contribution in [0.3, 0.4) is 0 Å². The van der Waals surface area contributed by atoms with Crippen LogP contribution in [0.2, 0.25) is 0 Å². The number of aromatic nitrogens is 2. The number of hydrogen-bond donors (Lipinski definition) is 1. The van der Waals surface area contributed by atoms with Crippen LogP contribution in [0.1, 0.15) is 12.8 Å². The third-order valence-electron chi connectivity index (χ3n) is 2.86. The van der Waals surface area contributed by atoms with Gasteiger partial charge in [-0.25, -0.2) is 4.98 Å². The van der Waals surface area contributed by atoms with Gasteiger partial charge in [0.15, 0.2) is 6.79 Å². The summed E-state index contributed by atoms with van der Waals surface area (Å²) in [5.41, 5.74) is 0.757. The van der Waals surface area contributed by atoms with Gasteiger partial charge in [0, 0.05) is 38.2 Å². The molecule has 21 heavy (non-hydrogen) atoms. The van der Waals surface area contributed by atoms with Crippen molar-refractivity contribution in [3.8, 4) is 5.75 Å². The molecule has 0 radical (unpaired) electrons. The molecule has 0 saturated heterocycles. The average Bonchev–Trinajstić information content (AvgIpc) is 3.00. The minimum Gasteiger partial charge on any atom is -0.468 e. The summed E-state index contributed by atoms with van der Waals surface area (Å²) in [6.45, 7) is 0.997. The lowest BCUT2D eigenvalue weighted by atomic mass is 10.2. The Balaban J connectivity index is 1.71. The molecule has 0 aliphatic carbocycles. The van der Waals surface area contributed by atoms with Crippen LogP contribution >= 0.6 is 0 Å². The maximum atomic E-state index is 11.8. The summed E-state index contributed by atoms with van der Waals surface area (Å²) in [5.74, 6) is 0.704. The van der Waals surface area contributed by atoms with Crippen molar-refractivity contribution in [2.45, 2.75) is 19.4 Å². The molecule has 0 spiro atoms. The molecule has 6 nitrogen and oxygen atoms in total. The number of carbonyl (C=O) groups excluding carboxylic acids is 1. The number of benzene rings is 1. The largest absolute Gasteiger partial charge is 0.468 e. The molecule has 1 heterocycles. The van der Waals surface area contributed by atoms with E-state index in [1.54, 1.807) is 43.9 Å². The predicted molar refractivity (Wildman–Crippen MR) is 79.0 cm³/mol. The highest BCUT2D eigenvalue weighted by Crippen LogP contribution is 2.16. The van der Waals surface area contributed by atoms with Gasteiger partial charge in [-0.15, -0.1) is 0 Å². The van der Waals surface area contributed by atoms with E-state index in [0.29, 0.717) is 12.2 Å². The maximum Gasteiger partial charge on any atom is 0.224 e. The molecular weight excluding hydrogens is 270 g/mol. The fourth-order valence-corrected chi connectivity index (χ4v) is 1.83. The number of methoxy groups -OCH3 is 1. The molecule has 0 aliphatic heterocycles. The molecule has 112 valence electrons. The van der Waals surface area contributed by atoms with Gasteiger partial charge in [0.05, 0.1) is 6.33 Å². The Labute approximate surface area is 123 Å². The molecule has 0 atom stereocenters. The van der Waals surface area contributed by atoms with Crippen molar-refractivity contribution in [1.29, 1.82) is 0 Å². The lowest BCUT2D eigenvalue weighted by molar-refractivity contribution is -0.116. The van der Waals surface area contributed by atoms with Gasteiger partial charge < -0.3 is 19.4 Å². The van der Waals surface area contributed by atoms with Crippen LogP contribution in [0.15, 0.2) is 43.0 Å². The van der Waals surface area contributed by atoms with Crippen molar-refractivity contribution < 1.29 is 14.3 Å². The number of anilines is 1. The van der Waals surface area contributed by atoms with Gasteiger partial charge >= 0.3 is 0 Å². The van der Waals surface area contributed by atoms with Crippen molar-refractivity contribution >= 4 is 11.6 Å². The number of nitrogens with zero attached hydrogens (tertiary/aromatic N) is 2. The Bertz CT molecular complexity index is 538. The monoisotopic (exact) mass is 289 g/mol. The van der Waals surface area contributed by atoms with Crippen LogP contribution in [-0.2, 0) is 16.1 Å². The molecule has 0 aliphatic rings. The first kappa shape index (κ1) is 15.1. The van der Waals surface area contributed by atoms with Gasteiger partial charge in [-0.2, -0.15) is 0 Å². The summed E-state index contributed by atoms with van der Waals surface area (Å²) in [6.07, 6.45) is 6.61. The van der Waals surface area contributed by atoms with Gasteiger partial charge in [0.1, 0.15) is 5.75 Å². The molecule has 0 bridgehead atoms. The number of hydrogen-bond acceptors (Lipinski definition) is 4. The second-order valence-electron chi connectivity index (χ2n) is 4.53. The molecule has 6 heteroatoms. The van der Waals surface area contributed by atoms with Crippen molar-refractivity contribution in [3.63, 3.8) is 0 Å². The van der Waals surface area contributed by atoms with E-state index < -0.39 is 0 Å². The van der Waals surface area contributed by atoms with Crippen molar-refractivity contribution in [2.24, 2.45) is 0 Å². The number of amides is 1. The smallest absolute Gasteiger partial charge is 0.224 e. The Morgan fingerprint density at radius 2 is 2.14 bits per heavy atom. The lowest BCUT2D eigenvalue weighted by Gasteiger charge is -2.08. The zero-order valence-corrected chi connectivity index (χ0v) is 12.0. The molecule has 1 N–H and O–H groups in total. The van der Waals surface area contributed by atoms with Crippen LogP contribution in [0.5, 0.6) is 5.75 Å². The summed E-state index contributed by atoms with van der Waals surface area (Å²) in [6, 6.07) is 7.19. The Kier molecular flexibility index (Phi) is 5.78. The van der Waals surface area contributed by atoms with E-state index in [1.807, 2.05) is 10.8 Å². The highest BCUT2D eigenvalue weighted by molar-refractivity contribution is 5.90. The van der Waals surface area contributed by atoms with Gasteiger partial charge in [-0.1, -0.05) is 0 Å². The minimum absolute atomic E-state index is 0.000625. The first-order valence-electron chi connectivity index (χ1n) is 6.75. The number of ether oxygens (including phenoxy) is 2. The van der Waals surface area contributed by atoms with E-state index in [4.69, 9.17) is 9.47 Å². The minimum atomic E-state index is 0.000625. The zero-order chi connectivity index (χ0) is 14.9. The first-order valence-corrected chi connectivity index (χ1v) is 6.75. The van der Waals surface area contributed by atoms with E-state index in [-0.39, 0.29) is 12.7 Å². The Morgan fingerprint density at radius 3 is 2.81 bits per heavy atom. The number of imidazole rings is 1. The van der Waals surface area contributed by atoms with E-state index in [9.17, 15) is 4.79 Å². The van der Waals surface area contributed by atoms with E-state index in [0.717, 1.165) is 18.7 Å². The quantitative estimate of drug-likeness (QED) is 0.757. The number of nitrogens with one attached hydrogen (secondary N) is 1. The molecular formula is C15H19N3O3. The lowest BCUT2D eigenvalue weighted by Crippen LogP contribution is -2.12. The highest BCUT2D eigenvalue weighted by Gasteiger charge is 2.03. The number of rotatable bonds is 8. The highest BCUT2D eigenvalue weighted by atomic mass is 16.7. The van der Waals surface area contributed by atoms with Crippen molar-refractivity contribution in [1.82, 2.24) is 9.55 Å². The average molecular weight is 289 g/mol. The van der Waals surface area contributed by atoms with Gasteiger partial charge in [0.2, 0.25) is 5.91 Å². The standard InChI is InChI=1S/C15H19N3O3/c1-20-12-21-14-6-4-13(5-7-14)17-15(19)3-2-9-18-10-8-16-11-18/h4-8,10-11H,2-3,9,12H2,1H3,(H,17,19). The maximum absolute atomic E-state index is 11.8. The van der Waals surface area contributed by atoms with E-state index in [2.05, 4.69) is 10.3 Å². The second-order valence-corrected chi connectivity index (χ2v) is 4.53. The van der Waals surface area contributed by atoms with Gasteiger partial charge in [0.25, 0.3) is 0 Å². The summed E-state index contributed by atoms with van der Waals surface area (Å²) < 4.78 is 12.0. The molecule has 1 aromatic carbocycles. The third-order valence-corrected chi connectivity index (χ3v) is 2.86. The molecule has 0 saturated carbocycles. The van der Waals surface area contributed by atoms with Crippen molar-refractivity contribution in [3.05, 3.63) is 43.0 Å². The molecule has 1 amide bonds. The normalized spacial score (nSPS) is 10.3. The third kappa shape index (κ3) is 5.27. The zero-order valence-electron chi connectivity index (χ0n) is 12.0. The molecule has 2 aromatic rings. The SMILES string of the molecule is COCOc1ccc(NC(=O)CCCn2ccnc2)cc1. The van der Waals surface area contributed by atoms with E-state index >= 15 is 0 Å². The number of carbonyl (C=O) groups is 1. The van der Waals surface area contributed by atoms with Crippen LogP contribution in [-0.4, -0.2) is 29.4 Å². The topological polar surface area (TPSA) is 65.4 Å². The molecule has 1 aromatic heterocycles. The van der Waals surface area contributed by atoms with Crippen molar-refractivity contribution in [2.75, 3.05) is 19.2 Å². The molecule has 2 rings (SSSR count). The first-order chi connectivity index (χ1) is 10.3. The number of aryl methyl sites for hydroxylation is 1. The van der Waals surface area contributed by atoms with E-state index in [1.165, 1.54) is 0 Å². The van der Waals surface area contributed by atoms with Crippen LogP contribution in [0.4, 0.5) is 5.69 Å². The van der Waals surface area contributed by atoms with Crippen LogP contribution < -0.4 is 10.1 Å². The van der Waals surface area contributed by atoms with Crippen LogP contribution in [0.25, 0.3) is 0 Å². The summed E-state index contributed by atoms with van der Waals surface area (Å²) >= 11 is 0. The summed E-state index contributed by atoms with van der Waals surface area (Å²) in [4.78, 5) is 15.8. The second kappa shape index (κ2) is 8.06. The van der Waals surface area contributed by atoms with Crippen LogP contribution in [0, 0.1) is 0 Å². The summed E-state index contributed by atoms with van der Waals surface area (Å²) in [5, 5.41) is 2.85. The predicted octanol–water partition coefficient (Wildman–Crippen LogP) is 2.28. The van der Waals surface area contributed by atoms with Gasteiger partial charge in [-0.3, -0.25) is 4.79 Å². The fraction of sp³-hybridized carbons (Fsp3) is 0.333. The Morgan fingerprint density at radius 1 is 1.33 bits per heavy atom. The summed E-state index contributed by atoms with van der Waals surface area (Å²) in [7, 11) is 1.57.